The Morgan fingerprint density at radius 2 is 0.581 bits per heavy atom. The molecule has 6 rings (SSSR count). The first-order chi connectivity index (χ1) is 21.1. The summed E-state index contributed by atoms with van der Waals surface area (Å²) in [5.74, 6) is 0. The van der Waals surface area contributed by atoms with Gasteiger partial charge in [-0.05, 0) is 36.4 Å². The van der Waals surface area contributed by atoms with E-state index in [1.807, 2.05) is 0 Å². The van der Waals surface area contributed by atoms with Crippen molar-refractivity contribution in [1.29, 1.82) is 0 Å². The smallest absolute Gasteiger partial charge is 0.228 e. The van der Waals surface area contributed by atoms with Crippen molar-refractivity contribution in [2.45, 2.75) is 0 Å². The molecule has 0 heterocycles. The number of benzene rings is 6. The van der Waals surface area contributed by atoms with Gasteiger partial charge >= 0.3 is 0 Å². The van der Waals surface area contributed by atoms with Gasteiger partial charge in [0.25, 0.3) is 0 Å². The molecule has 0 bridgehead atoms. The first kappa shape index (κ1) is 30.6. The lowest BCUT2D eigenvalue weighted by atomic mass is 10.4. The zero-order valence-corrected chi connectivity index (χ0v) is 25.8. The van der Waals surface area contributed by atoms with Crippen LogP contribution in [0.5, 0.6) is 0 Å². The molecule has 0 atom stereocenters. The van der Waals surface area contributed by atoms with Crippen molar-refractivity contribution in [3.05, 3.63) is 182 Å². The van der Waals surface area contributed by atoms with Crippen LogP contribution >= 0.6 is 14.5 Å². The van der Waals surface area contributed by atoms with Gasteiger partial charge in [-0.1, -0.05) is 146 Å². The van der Waals surface area contributed by atoms with Gasteiger partial charge in [0.2, 0.25) is 7.41 Å². The van der Waals surface area contributed by atoms with Crippen LogP contribution in [0.2, 0.25) is 0 Å². The molecule has 0 aliphatic heterocycles. The van der Waals surface area contributed by atoms with E-state index in [0.29, 0.717) is 0 Å². The summed E-state index contributed by atoms with van der Waals surface area (Å²) in [7, 11) is -7.85. The fourth-order valence-corrected chi connectivity index (χ4v) is 14.8. The molecule has 0 aliphatic carbocycles. The Labute approximate surface area is 256 Å². The maximum Gasteiger partial charge on any atom is 0.228 e. The van der Waals surface area contributed by atoms with Gasteiger partial charge in [0.15, 0.2) is 0 Å². The summed E-state index contributed by atoms with van der Waals surface area (Å²) in [4.78, 5) is 0. The molecular weight excluding hydrogens is 592 g/mol. The lowest BCUT2D eigenvalue weighted by Crippen LogP contribution is -2.42. The molecule has 0 unspecified atom stereocenters. The van der Waals surface area contributed by atoms with Crippen molar-refractivity contribution < 1.29 is 24.8 Å². The number of hydrogen-bond donors (Lipinski definition) is 0. The molecule has 0 saturated heterocycles. The third-order valence-corrected chi connectivity index (χ3v) is 15.5. The van der Waals surface area contributed by atoms with Gasteiger partial charge in [-0.15, -0.1) is 4.52 Å². The molecule has 0 saturated carbocycles. The topological polar surface area (TPSA) is 81.5 Å². The quantitative estimate of drug-likeness (QED) is 0.256. The summed E-state index contributed by atoms with van der Waals surface area (Å²) in [6.45, 7) is 0. The Balaban J connectivity index is 0.000000868. The van der Waals surface area contributed by atoms with Gasteiger partial charge in [0.05, 0.1) is 10.8 Å². The Bertz CT molecular complexity index is 1540. The lowest BCUT2D eigenvalue weighted by molar-refractivity contribution is -1.73. The Kier molecular flexibility index (Phi) is 10.4. The molecule has 6 aromatic carbocycles. The molecule has 7 heteroatoms. The summed E-state index contributed by atoms with van der Waals surface area (Å²) < 4.78 is 31.6. The van der Waals surface area contributed by atoms with Crippen molar-refractivity contribution in [1.82, 2.24) is 0 Å². The van der Waals surface area contributed by atoms with Crippen molar-refractivity contribution in [3.63, 3.8) is 0 Å². The monoisotopic (exact) mass is 621 g/mol. The Morgan fingerprint density at radius 1 is 0.372 bits per heavy atom. The minimum atomic E-state index is -2.85. The first-order valence-corrected chi connectivity index (χ1v) is 18.1. The third kappa shape index (κ3) is 6.72. The summed E-state index contributed by atoms with van der Waals surface area (Å²) in [5.41, 5.74) is 0. The lowest BCUT2D eigenvalue weighted by Gasteiger charge is -2.31. The average Bonchev–Trinajstić information content (AvgIpc) is 3.08. The predicted molar refractivity (Wildman–Crippen MR) is 173 cm³/mol. The van der Waals surface area contributed by atoms with Crippen LogP contribution < -0.4 is 45.8 Å². The van der Waals surface area contributed by atoms with Crippen molar-refractivity contribution in [2.24, 2.45) is 4.52 Å². The van der Waals surface area contributed by atoms with E-state index in [9.17, 15) is 0 Å². The number of rotatable bonds is 7. The third-order valence-electron chi connectivity index (χ3n) is 7.05. The predicted octanol–water partition coefficient (Wildman–Crippen LogP) is 3.51. The van der Waals surface area contributed by atoms with Crippen LogP contribution in [0.3, 0.4) is 0 Å². The van der Waals surface area contributed by atoms with Gasteiger partial charge in [0.1, 0.15) is 23.0 Å². The van der Waals surface area contributed by atoms with Gasteiger partial charge < -0.3 is 14.0 Å². The second-order valence-corrected chi connectivity index (χ2v) is 16.3. The molecule has 43 heavy (non-hydrogen) atoms. The highest BCUT2D eigenvalue weighted by Crippen LogP contribution is 2.65. The molecule has 6 aromatic rings. The Hall–Kier alpha value is -3.85. The van der Waals surface area contributed by atoms with E-state index in [1.165, 1.54) is 31.8 Å². The average molecular weight is 622 g/mol. The summed E-state index contributed by atoms with van der Waals surface area (Å²) in [6, 6.07) is 65.7. The Morgan fingerprint density at radius 3 is 0.814 bits per heavy atom. The summed E-state index contributed by atoms with van der Waals surface area (Å²) >= 11 is 0. The molecule has 4 nitrogen and oxygen atoms in total. The standard InChI is InChI=1S/C36H30NP2.ClO3/c1-7-19-31(20-8-1)38(32-21-9-2-10-22-32,33-23-11-3-12-24-33)37-39(34-25-13-4-14-26-34,35-27-15-5-16-28-35)36-29-17-6-18-30-36;2-1(3)4/h1-30H;/q+1;-1. The number of halogens is 1. The van der Waals surface area contributed by atoms with E-state index in [2.05, 4.69) is 182 Å². The van der Waals surface area contributed by atoms with Crippen molar-refractivity contribution >= 4 is 46.3 Å². The van der Waals surface area contributed by atoms with Crippen molar-refractivity contribution in [3.8, 4) is 0 Å². The molecule has 0 radical (unpaired) electrons. The minimum Gasteiger partial charge on any atom is -0.357 e. The van der Waals surface area contributed by atoms with Crippen LogP contribution in [-0.2, 0) is 0 Å². The van der Waals surface area contributed by atoms with Gasteiger partial charge in [-0.3, -0.25) is 0 Å². The van der Waals surface area contributed by atoms with E-state index in [-0.39, 0.29) is 0 Å². The number of nitrogens with zero attached hydrogens (tertiary/aromatic N) is 1. The second-order valence-electron chi connectivity index (χ2n) is 9.56. The van der Waals surface area contributed by atoms with Crippen LogP contribution in [-0.4, -0.2) is 0 Å². The first-order valence-electron chi connectivity index (χ1n) is 13.7. The maximum atomic E-state index is 8.41. The van der Waals surface area contributed by atoms with Gasteiger partial charge in [0, 0.05) is 15.9 Å². The summed E-state index contributed by atoms with van der Waals surface area (Å²) in [6.07, 6.45) is 0. The molecule has 0 spiro atoms. The zero-order valence-electron chi connectivity index (χ0n) is 23.3. The molecule has 0 amide bonds. The van der Waals surface area contributed by atoms with Crippen LogP contribution in [0.1, 0.15) is 0 Å². The highest BCUT2D eigenvalue weighted by molar-refractivity contribution is 8.01. The highest BCUT2D eigenvalue weighted by atomic mass is 35.6. The van der Waals surface area contributed by atoms with Crippen LogP contribution in [0.4, 0.5) is 0 Å². The maximum absolute atomic E-state index is 8.41. The highest BCUT2D eigenvalue weighted by Gasteiger charge is 2.49. The fraction of sp³-hybridized carbons (Fsp3) is 0. The van der Waals surface area contributed by atoms with E-state index < -0.39 is 25.3 Å². The molecule has 0 aromatic heterocycles. The SMILES string of the molecule is [O-][Cl+2]([O-])[O-].c1ccc(P(=N[P+](c2ccccc2)(c2ccccc2)c2ccccc2)(c2ccccc2)c2ccccc2)cc1. The fourth-order valence-electron chi connectivity index (χ4n) is 5.27. The van der Waals surface area contributed by atoms with Crippen LogP contribution in [0.25, 0.3) is 0 Å². The van der Waals surface area contributed by atoms with Crippen LogP contribution in [0.15, 0.2) is 187 Å². The summed E-state index contributed by atoms with van der Waals surface area (Å²) in [5, 5.41) is 7.55. The molecule has 214 valence electrons. The second kappa shape index (κ2) is 14.6. The molecule has 0 fully saturated rings. The van der Waals surface area contributed by atoms with Gasteiger partial charge in [-0.25, -0.2) is 0 Å². The largest absolute Gasteiger partial charge is 0.357 e. The minimum absolute atomic E-state index is 1.26. The van der Waals surface area contributed by atoms with Crippen molar-refractivity contribution in [2.75, 3.05) is 0 Å². The van der Waals surface area contributed by atoms with E-state index in [1.54, 1.807) is 0 Å². The molecule has 0 N–H and O–H groups in total. The van der Waals surface area contributed by atoms with Crippen LogP contribution in [0, 0.1) is 10.8 Å². The molecular formula is C36H30ClNO3P2. The van der Waals surface area contributed by atoms with E-state index >= 15 is 0 Å². The van der Waals surface area contributed by atoms with Gasteiger partial charge in [-0.2, -0.15) is 0 Å². The normalized spacial score (nSPS) is 11.3. The number of hydrogen-bond acceptors (Lipinski definition) is 4. The van der Waals surface area contributed by atoms with E-state index in [0.717, 1.165) is 0 Å². The zero-order chi connectivity index (χ0) is 30.0. The molecule has 0 aliphatic rings. The van der Waals surface area contributed by atoms with E-state index in [4.69, 9.17) is 18.5 Å².